The zero-order chi connectivity index (χ0) is 9.80. The van der Waals surface area contributed by atoms with E-state index in [0.717, 1.165) is 19.4 Å². The molecule has 0 radical (unpaired) electrons. The molecule has 2 amide bonds. The molecule has 0 aromatic carbocycles. The fraction of sp³-hybridized carbons (Fsp3) is 0.500. The summed E-state index contributed by atoms with van der Waals surface area (Å²) in [6, 6.07) is 4.34. The average Bonchev–Trinajstić information content (AvgIpc) is 2.82. The van der Waals surface area contributed by atoms with Crippen molar-refractivity contribution in [2.75, 3.05) is 6.54 Å². The van der Waals surface area contributed by atoms with Gasteiger partial charge in [-0.2, -0.15) is 0 Å². The fourth-order valence-corrected chi connectivity index (χ4v) is 1.28. The molecule has 0 aliphatic heterocycles. The minimum Gasteiger partial charge on any atom is -0.353 e. The van der Waals surface area contributed by atoms with Crippen LogP contribution < -0.4 is 10.6 Å². The Morgan fingerprint density at radius 2 is 2.07 bits per heavy atom. The van der Waals surface area contributed by atoms with E-state index in [0.29, 0.717) is 12.6 Å². The van der Waals surface area contributed by atoms with Crippen molar-refractivity contribution in [3.05, 3.63) is 24.5 Å². The van der Waals surface area contributed by atoms with E-state index in [1.54, 1.807) is 0 Å². The Kier molecular flexibility index (Phi) is 2.72. The van der Waals surface area contributed by atoms with Crippen molar-refractivity contribution in [2.45, 2.75) is 25.4 Å². The van der Waals surface area contributed by atoms with Crippen LogP contribution in [0, 0.1) is 0 Å². The van der Waals surface area contributed by atoms with Gasteiger partial charge in [0.2, 0.25) is 0 Å². The van der Waals surface area contributed by atoms with Crippen molar-refractivity contribution in [3.8, 4) is 0 Å². The Hall–Kier alpha value is -1.45. The minimum atomic E-state index is -0.0420. The van der Waals surface area contributed by atoms with Crippen molar-refractivity contribution in [2.24, 2.45) is 0 Å². The SMILES string of the molecule is O=C(NCCn1cccc1)NC1CC1. The first-order valence-corrected chi connectivity index (χ1v) is 5.00. The summed E-state index contributed by atoms with van der Waals surface area (Å²) >= 11 is 0. The monoisotopic (exact) mass is 193 g/mol. The smallest absolute Gasteiger partial charge is 0.315 e. The molecule has 0 unspecified atom stereocenters. The highest BCUT2D eigenvalue weighted by atomic mass is 16.2. The molecular formula is C10H15N3O. The number of rotatable bonds is 4. The van der Waals surface area contributed by atoms with Crippen molar-refractivity contribution >= 4 is 6.03 Å². The molecule has 2 N–H and O–H groups in total. The summed E-state index contributed by atoms with van der Waals surface area (Å²) in [5.74, 6) is 0. The van der Waals surface area contributed by atoms with Crippen LogP contribution in [-0.4, -0.2) is 23.2 Å². The predicted molar refractivity (Wildman–Crippen MR) is 54.0 cm³/mol. The molecule has 4 nitrogen and oxygen atoms in total. The minimum absolute atomic E-state index is 0.0420. The van der Waals surface area contributed by atoms with Gasteiger partial charge in [-0.1, -0.05) is 0 Å². The van der Waals surface area contributed by atoms with E-state index in [9.17, 15) is 4.79 Å². The van der Waals surface area contributed by atoms with Crippen LogP contribution in [0.3, 0.4) is 0 Å². The summed E-state index contributed by atoms with van der Waals surface area (Å²) in [5, 5.41) is 5.70. The third-order valence-electron chi connectivity index (χ3n) is 2.23. The van der Waals surface area contributed by atoms with E-state index in [1.165, 1.54) is 0 Å². The molecule has 0 bridgehead atoms. The van der Waals surface area contributed by atoms with Gasteiger partial charge in [0.05, 0.1) is 0 Å². The van der Waals surface area contributed by atoms with Crippen LogP contribution in [0.5, 0.6) is 0 Å². The average molecular weight is 193 g/mol. The lowest BCUT2D eigenvalue weighted by Crippen LogP contribution is -2.38. The topological polar surface area (TPSA) is 46.1 Å². The summed E-state index contributed by atoms with van der Waals surface area (Å²) in [5.41, 5.74) is 0. The Bertz CT molecular complexity index is 290. The standard InChI is InChI=1S/C10H15N3O/c14-10(12-9-3-4-9)11-5-8-13-6-1-2-7-13/h1-2,6-7,9H,3-5,8H2,(H2,11,12,14). The summed E-state index contributed by atoms with van der Waals surface area (Å²) in [4.78, 5) is 11.2. The quantitative estimate of drug-likeness (QED) is 0.734. The number of nitrogens with zero attached hydrogens (tertiary/aromatic N) is 1. The predicted octanol–water partition coefficient (Wildman–Crippen LogP) is 0.950. The normalized spacial score (nSPS) is 15.1. The maximum atomic E-state index is 11.2. The van der Waals surface area contributed by atoms with E-state index in [-0.39, 0.29) is 6.03 Å². The zero-order valence-corrected chi connectivity index (χ0v) is 8.07. The van der Waals surface area contributed by atoms with Gasteiger partial charge < -0.3 is 15.2 Å². The van der Waals surface area contributed by atoms with Crippen LogP contribution in [0.4, 0.5) is 4.79 Å². The van der Waals surface area contributed by atoms with Crippen LogP contribution >= 0.6 is 0 Å². The van der Waals surface area contributed by atoms with E-state index in [1.807, 2.05) is 29.1 Å². The van der Waals surface area contributed by atoms with Crippen LogP contribution in [0.2, 0.25) is 0 Å². The molecule has 1 aromatic heterocycles. The van der Waals surface area contributed by atoms with E-state index < -0.39 is 0 Å². The third-order valence-corrected chi connectivity index (χ3v) is 2.23. The lowest BCUT2D eigenvalue weighted by molar-refractivity contribution is 0.240. The second-order valence-corrected chi connectivity index (χ2v) is 3.60. The molecule has 0 atom stereocenters. The van der Waals surface area contributed by atoms with E-state index >= 15 is 0 Å². The summed E-state index contributed by atoms with van der Waals surface area (Å²) in [7, 11) is 0. The van der Waals surface area contributed by atoms with Gasteiger partial charge in [0.15, 0.2) is 0 Å². The molecule has 1 heterocycles. The molecule has 76 valence electrons. The lowest BCUT2D eigenvalue weighted by Gasteiger charge is -2.06. The van der Waals surface area contributed by atoms with E-state index in [2.05, 4.69) is 10.6 Å². The van der Waals surface area contributed by atoms with E-state index in [4.69, 9.17) is 0 Å². The molecular weight excluding hydrogens is 178 g/mol. The molecule has 1 aliphatic rings. The molecule has 0 spiro atoms. The largest absolute Gasteiger partial charge is 0.353 e. The molecule has 2 rings (SSSR count). The molecule has 1 aromatic rings. The number of carbonyl (C=O) groups excluding carboxylic acids is 1. The molecule has 1 aliphatic carbocycles. The van der Waals surface area contributed by atoms with Gasteiger partial charge in [-0.3, -0.25) is 0 Å². The van der Waals surface area contributed by atoms with Gasteiger partial charge in [-0.05, 0) is 25.0 Å². The highest BCUT2D eigenvalue weighted by Crippen LogP contribution is 2.18. The number of nitrogens with one attached hydrogen (secondary N) is 2. The molecule has 1 saturated carbocycles. The Balaban J connectivity index is 1.60. The first-order chi connectivity index (χ1) is 6.84. The van der Waals surface area contributed by atoms with Gasteiger partial charge >= 0.3 is 6.03 Å². The van der Waals surface area contributed by atoms with Crippen LogP contribution in [0.1, 0.15) is 12.8 Å². The van der Waals surface area contributed by atoms with Crippen LogP contribution in [-0.2, 0) is 6.54 Å². The van der Waals surface area contributed by atoms with Gasteiger partial charge in [0, 0.05) is 31.5 Å². The second-order valence-electron chi connectivity index (χ2n) is 3.60. The first kappa shape index (κ1) is 9.12. The number of amides is 2. The first-order valence-electron chi connectivity index (χ1n) is 5.00. The summed E-state index contributed by atoms with van der Waals surface area (Å²) < 4.78 is 2.04. The number of hydrogen-bond acceptors (Lipinski definition) is 1. The number of aromatic nitrogens is 1. The summed E-state index contributed by atoms with van der Waals surface area (Å²) in [6.07, 6.45) is 6.23. The second kappa shape index (κ2) is 4.17. The molecule has 14 heavy (non-hydrogen) atoms. The highest BCUT2D eigenvalue weighted by molar-refractivity contribution is 5.74. The zero-order valence-electron chi connectivity index (χ0n) is 8.07. The van der Waals surface area contributed by atoms with Crippen LogP contribution in [0.25, 0.3) is 0 Å². The van der Waals surface area contributed by atoms with Gasteiger partial charge in [0.1, 0.15) is 0 Å². The van der Waals surface area contributed by atoms with Gasteiger partial charge in [-0.15, -0.1) is 0 Å². The maximum absolute atomic E-state index is 11.2. The van der Waals surface area contributed by atoms with Crippen molar-refractivity contribution < 1.29 is 4.79 Å². The molecule has 4 heteroatoms. The number of carbonyl (C=O) groups is 1. The molecule has 1 fully saturated rings. The summed E-state index contributed by atoms with van der Waals surface area (Å²) in [6.45, 7) is 1.50. The third kappa shape index (κ3) is 2.80. The number of hydrogen-bond donors (Lipinski definition) is 2. The Morgan fingerprint density at radius 3 is 2.71 bits per heavy atom. The lowest BCUT2D eigenvalue weighted by atomic mass is 10.6. The Morgan fingerprint density at radius 1 is 1.36 bits per heavy atom. The van der Waals surface area contributed by atoms with Crippen molar-refractivity contribution in [3.63, 3.8) is 0 Å². The van der Waals surface area contributed by atoms with Crippen molar-refractivity contribution in [1.29, 1.82) is 0 Å². The maximum Gasteiger partial charge on any atom is 0.315 e. The van der Waals surface area contributed by atoms with Gasteiger partial charge in [0.25, 0.3) is 0 Å². The van der Waals surface area contributed by atoms with Crippen molar-refractivity contribution in [1.82, 2.24) is 15.2 Å². The number of urea groups is 1. The molecule has 0 saturated heterocycles. The highest BCUT2D eigenvalue weighted by Gasteiger charge is 2.22. The Labute approximate surface area is 83.3 Å². The fourth-order valence-electron chi connectivity index (χ4n) is 1.28. The van der Waals surface area contributed by atoms with Crippen LogP contribution in [0.15, 0.2) is 24.5 Å². The van der Waals surface area contributed by atoms with Gasteiger partial charge in [-0.25, -0.2) is 4.79 Å².